The van der Waals surface area contributed by atoms with Gasteiger partial charge in [-0.2, -0.15) is 0 Å². The first-order chi connectivity index (χ1) is 12.5. The highest BCUT2D eigenvalue weighted by atomic mass is 16.5. The SMILES string of the molecule is COc1ccccc1CC1(Cc2ccccc2OC)CC(=O)CC(=O)C1. The number of carbonyl (C=O) groups excluding carboxylic acids is 2. The Kier molecular flexibility index (Phi) is 5.40. The number of rotatable bonds is 6. The van der Waals surface area contributed by atoms with Gasteiger partial charge in [0, 0.05) is 12.8 Å². The van der Waals surface area contributed by atoms with Crippen molar-refractivity contribution in [1.82, 2.24) is 0 Å². The van der Waals surface area contributed by atoms with Gasteiger partial charge in [-0.05, 0) is 41.5 Å². The monoisotopic (exact) mass is 352 g/mol. The first kappa shape index (κ1) is 18.2. The normalized spacial score (nSPS) is 16.4. The number of carbonyl (C=O) groups is 2. The van der Waals surface area contributed by atoms with Gasteiger partial charge >= 0.3 is 0 Å². The van der Waals surface area contributed by atoms with E-state index in [0.717, 1.165) is 22.6 Å². The van der Waals surface area contributed by atoms with Gasteiger partial charge in [-0.25, -0.2) is 0 Å². The molecule has 0 saturated heterocycles. The highest BCUT2D eigenvalue weighted by molar-refractivity contribution is 6.02. The Morgan fingerprint density at radius 2 is 1.19 bits per heavy atom. The van der Waals surface area contributed by atoms with E-state index in [4.69, 9.17) is 9.47 Å². The summed E-state index contributed by atoms with van der Waals surface area (Å²) in [5, 5.41) is 0. The summed E-state index contributed by atoms with van der Waals surface area (Å²) in [6.45, 7) is 0. The molecule has 0 bridgehead atoms. The summed E-state index contributed by atoms with van der Waals surface area (Å²) in [6, 6.07) is 15.6. The quantitative estimate of drug-likeness (QED) is 0.742. The van der Waals surface area contributed by atoms with Crippen molar-refractivity contribution >= 4 is 11.6 Å². The van der Waals surface area contributed by atoms with Crippen LogP contribution in [0.2, 0.25) is 0 Å². The van der Waals surface area contributed by atoms with E-state index in [1.54, 1.807) is 14.2 Å². The summed E-state index contributed by atoms with van der Waals surface area (Å²) in [5.74, 6) is 1.62. The van der Waals surface area contributed by atoms with Gasteiger partial charge in [-0.3, -0.25) is 9.59 Å². The lowest BCUT2D eigenvalue weighted by atomic mass is 9.66. The average molecular weight is 352 g/mol. The van der Waals surface area contributed by atoms with Crippen molar-refractivity contribution in [2.75, 3.05) is 14.2 Å². The van der Waals surface area contributed by atoms with Crippen molar-refractivity contribution in [2.45, 2.75) is 32.1 Å². The molecule has 0 spiro atoms. The Labute approximate surface area is 154 Å². The van der Waals surface area contributed by atoms with Crippen molar-refractivity contribution in [3.8, 4) is 11.5 Å². The topological polar surface area (TPSA) is 52.6 Å². The molecule has 4 heteroatoms. The molecule has 0 unspecified atom stereocenters. The van der Waals surface area contributed by atoms with E-state index in [0.29, 0.717) is 25.7 Å². The Bertz CT molecular complexity index is 742. The van der Waals surface area contributed by atoms with Crippen LogP contribution in [0.1, 0.15) is 30.4 Å². The molecule has 1 fully saturated rings. The third-order valence-corrected chi connectivity index (χ3v) is 5.05. The largest absolute Gasteiger partial charge is 0.496 e. The van der Waals surface area contributed by atoms with Crippen LogP contribution < -0.4 is 9.47 Å². The average Bonchev–Trinajstić information content (AvgIpc) is 2.61. The Morgan fingerprint density at radius 1 is 0.769 bits per heavy atom. The summed E-state index contributed by atoms with van der Waals surface area (Å²) < 4.78 is 11.0. The number of methoxy groups -OCH3 is 2. The molecule has 0 amide bonds. The highest BCUT2D eigenvalue weighted by Crippen LogP contribution is 2.42. The number of ether oxygens (including phenoxy) is 2. The summed E-state index contributed by atoms with van der Waals surface area (Å²) in [7, 11) is 3.28. The zero-order valence-electron chi connectivity index (χ0n) is 15.3. The fraction of sp³-hybridized carbons (Fsp3) is 0.364. The molecule has 3 rings (SSSR count). The Balaban J connectivity index is 1.99. The standard InChI is InChI=1S/C22H24O4/c1-25-20-9-5-3-7-16(20)12-22(14-18(23)11-19(24)15-22)13-17-8-4-6-10-21(17)26-2/h3-10H,11-15H2,1-2H3. The number of para-hydroxylation sites is 2. The second-order valence-corrected chi connectivity index (χ2v) is 7.08. The van der Waals surface area contributed by atoms with Crippen molar-refractivity contribution in [2.24, 2.45) is 5.41 Å². The van der Waals surface area contributed by atoms with E-state index in [9.17, 15) is 9.59 Å². The maximum Gasteiger partial charge on any atom is 0.140 e. The van der Waals surface area contributed by atoms with Gasteiger partial charge in [0.15, 0.2) is 0 Å². The summed E-state index contributed by atoms with van der Waals surface area (Å²) in [5.41, 5.74) is 1.59. The molecule has 1 saturated carbocycles. The van der Waals surface area contributed by atoms with Crippen LogP contribution in [0.5, 0.6) is 11.5 Å². The van der Waals surface area contributed by atoms with Crippen LogP contribution in [0.4, 0.5) is 0 Å². The van der Waals surface area contributed by atoms with Crippen molar-refractivity contribution in [3.05, 3.63) is 59.7 Å². The second kappa shape index (κ2) is 7.73. The smallest absolute Gasteiger partial charge is 0.140 e. The first-order valence-corrected chi connectivity index (χ1v) is 8.82. The lowest BCUT2D eigenvalue weighted by molar-refractivity contribution is -0.134. The molecule has 1 aliphatic rings. The minimum atomic E-state index is -0.449. The van der Waals surface area contributed by atoms with E-state index in [1.165, 1.54) is 0 Å². The fourth-order valence-corrected chi connectivity index (χ4v) is 4.06. The van der Waals surface area contributed by atoms with E-state index in [-0.39, 0.29) is 18.0 Å². The molecule has 2 aromatic rings. The van der Waals surface area contributed by atoms with E-state index >= 15 is 0 Å². The lowest BCUT2D eigenvalue weighted by Crippen LogP contribution is -2.37. The summed E-state index contributed by atoms with van der Waals surface area (Å²) in [6.07, 6.45) is 2.09. The molecular weight excluding hydrogens is 328 g/mol. The predicted molar refractivity (Wildman–Crippen MR) is 99.7 cm³/mol. The molecule has 0 aromatic heterocycles. The van der Waals surface area contributed by atoms with Crippen LogP contribution in [0.15, 0.2) is 48.5 Å². The summed E-state index contributed by atoms with van der Waals surface area (Å²) in [4.78, 5) is 24.6. The third-order valence-electron chi connectivity index (χ3n) is 5.05. The zero-order valence-corrected chi connectivity index (χ0v) is 15.3. The molecule has 26 heavy (non-hydrogen) atoms. The van der Waals surface area contributed by atoms with Crippen molar-refractivity contribution in [1.29, 1.82) is 0 Å². The van der Waals surface area contributed by atoms with Gasteiger partial charge in [0.2, 0.25) is 0 Å². The maximum absolute atomic E-state index is 12.3. The molecular formula is C22H24O4. The number of benzene rings is 2. The molecule has 136 valence electrons. The van der Waals surface area contributed by atoms with Gasteiger partial charge in [-0.1, -0.05) is 36.4 Å². The molecule has 0 N–H and O–H groups in total. The molecule has 1 aliphatic carbocycles. The van der Waals surface area contributed by atoms with E-state index in [1.807, 2.05) is 48.5 Å². The molecule has 2 aromatic carbocycles. The van der Waals surface area contributed by atoms with Crippen LogP contribution in [0.25, 0.3) is 0 Å². The van der Waals surface area contributed by atoms with Gasteiger partial charge in [0.25, 0.3) is 0 Å². The number of Topliss-reactive ketones (excluding diaryl/α,β-unsaturated/α-hetero) is 2. The van der Waals surface area contributed by atoms with Gasteiger partial charge in [0.05, 0.1) is 20.6 Å². The number of hydrogen-bond acceptors (Lipinski definition) is 4. The second-order valence-electron chi connectivity index (χ2n) is 7.08. The van der Waals surface area contributed by atoms with E-state index in [2.05, 4.69) is 0 Å². The number of ketones is 2. The van der Waals surface area contributed by atoms with Crippen LogP contribution >= 0.6 is 0 Å². The van der Waals surface area contributed by atoms with Crippen LogP contribution in [0, 0.1) is 5.41 Å². The number of hydrogen-bond donors (Lipinski definition) is 0. The molecule has 0 atom stereocenters. The molecule has 0 radical (unpaired) electrons. The third kappa shape index (κ3) is 3.96. The Hall–Kier alpha value is -2.62. The minimum absolute atomic E-state index is 0.0195. The van der Waals surface area contributed by atoms with Crippen molar-refractivity contribution < 1.29 is 19.1 Å². The maximum atomic E-state index is 12.3. The zero-order chi connectivity index (χ0) is 18.6. The van der Waals surface area contributed by atoms with Crippen molar-refractivity contribution in [3.63, 3.8) is 0 Å². The molecule has 0 heterocycles. The highest BCUT2D eigenvalue weighted by Gasteiger charge is 2.40. The molecule has 0 aliphatic heterocycles. The fourth-order valence-electron chi connectivity index (χ4n) is 4.06. The summed E-state index contributed by atoms with van der Waals surface area (Å²) >= 11 is 0. The van der Waals surface area contributed by atoms with Gasteiger partial charge in [0.1, 0.15) is 23.1 Å². The Morgan fingerprint density at radius 3 is 1.62 bits per heavy atom. The molecule has 4 nitrogen and oxygen atoms in total. The van der Waals surface area contributed by atoms with E-state index < -0.39 is 5.41 Å². The van der Waals surface area contributed by atoms with Crippen LogP contribution in [-0.4, -0.2) is 25.8 Å². The predicted octanol–water partition coefficient (Wildman–Crippen LogP) is 3.80. The van der Waals surface area contributed by atoms with Crippen LogP contribution in [0.3, 0.4) is 0 Å². The van der Waals surface area contributed by atoms with Gasteiger partial charge < -0.3 is 9.47 Å². The minimum Gasteiger partial charge on any atom is -0.496 e. The first-order valence-electron chi connectivity index (χ1n) is 8.82. The van der Waals surface area contributed by atoms with Gasteiger partial charge in [-0.15, -0.1) is 0 Å². The van der Waals surface area contributed by atoms with Crippen LogP contribution in [-0.2, 0) is 22.4 Å². The lowest BCUT2D eigenvalue weighted by Gasteiger charge is -2.37.